The van der Waals surface area contributed by atoms with E-state index in [9.17, 15) is 8.42 Å². The Balaban J connectivity index is 2.22. The molecule has 0 bridgehead atoms. The SMILES string of the molecule is CCSC1CCCC1NS(=O)(=O)c1cc(C)c(C)c(N)c1. The minimum absolute atomic E-state index is 0.0304. The summed E-state index contributed by atoms with van der Waals surface area (Å²) < 4.78 is 28.0. The summed E-state index contributed by atoms with van der Waals surface area (Å²) in [4.78, 5) is 0.273. The molecular formula is C15H24N2O2S2. The fourth-order valence-electron chi connectivity index (χ4n) is 2.75. The molecule has 21 heavy (non-hydrogen) atoms. The first-order valence-corrected chi connectivity index (χ1v) is 9.89. The summed E-state index contributed by atoms with van der Waals surface area (Å²) in [6.07, 6.45) is 3.08. The maximum Gasteiger partial charge on any atom is 0.240 e. The maximum atomic E-state index is 12.6. The number of nitrogens with two attached hydrogens (primary N) is 1. The van der Waals surface area contributed by atoms with Gasteiger partial charge in [-0.3, -0.25) is 0 Å². The molecule has 1 aromatic rings. The van der Waals surface area contributed by atoms with Crippen LogP contribution in [0.1, 0.15) is 37.3 Å². The fourth-order valence-corrected chi connectivity index (χ4v) is 5.46. The van der Waals surface area contributed by atoms with Gasteiger partial charge in [-0.25, -0.2) is 13.1 Å². The summed E-state index contributed by atoms with van der Waals surface area (Å²) in [7, 11) is -3.50. The summed E-state index contributed by atoms with van der Waals surface area (Å²) >= 11 is 1.84. The number of thioether (sulfide) groups is 1. The molecule has 1 aliphatic rings. The van der Waals surface area contributed by atoms with Crippen molar-refractivity contribution in [1.82, 2.24) is 4.72 Å². The Morgan fingerprint density at radius 2 is 2.05 bits per heavy atom. The summed E-state index contributed by atoms with van der Waals surface area (Å²) in [6, 6.07) is 3.29. The van der Waals surface area contributed by atoms with Crippen molar-refractivity contribution >= 4 is 27.5 Å². The quantitative estimate of drug-likeness (QED) is 0.815. The fraction of sp³-hybridized carbons (Fsp3) is 0.600. The molecule has 0 radical (unpaired) electrons. The predicted molar refractivity (Wildman–Crippen MR) is 90.2 cm³/mol. The Morgan fingerprint density at radius 3 is 2.67 bits per heavy atom. The third kappa shape index (κ3) is 3.73. The highest BCUT2D eigenvalue weighted by molar-refractivity contribution is 8.00. The van der Waals surface area contributed by atoms with Crippen LogP contribution in [-0.2, 0) is 10.0 Å². The van der Waals surface area contributed by atoms with Gasteiger partial charge in [0.05, 0.1) is 4.90 Å². The Kier molecular flexibility index (Phi) is 5.22. The lowest BCUT2D eigenvalue weighted by atomic mass is 10.1. The molecule has 1 fully saturated rings. The third-order valence-electron chi connectivity index (χ3n) is 4.13. The normalized spacial score (nSPS) is 22.6. The van der Waals surface area contributed by atoms with E-state index < -0.39 is 10.0 Å². The molecule has 0 aliphatic heterocycles. The number of benzene rings is 1. The van der Waals surface area contributed by atoms with Crippen molar-refractivity contribution in [3.63, 3.8) is 0 Å². The predicted octanol–water partition coefficient (Wildman–Crippen LogP) is 2.84. The molecule has 118 valence electrons. The largest absolute Gasteiger partial charge is 0.398 e. The second-order valence-corrected chi connectivity index (χ2v) is 8.84. The van der Waals surface area contributed by atoms with E-state index in [0.717, 1.165) is 36.1 Å². The molecule has 0 saturated heterocycles. The lowest BCUT2D eigenvalue weighted by molar-refractivity contribution is 0.555. The highest BCUT2D eigenvalue weighted by Gasteiger charge is 2.31. The van der Waals surface area contributed by atoms with Crippen molar-refractivity contribution < 1.29 is 8.42 Å². The van der Waals surface area contributed by atoms with Crippen molar-refractivity contribution in [2.24, 2.45) is 0 Å². The van der Waals surface area contributed by atoms with E-state index >= 15 is 0 Å². The Morgan fingerprint density at radius 1 is 1.33 bits per heavy atom. The van der Waals surface area contributed by atoms with Crippen LogP contribution >= 0.6 is 11.8 Å². The number of aryl methyl sites for hydroxylation is 1. The molecule has 1 aliphatic carbocycles. The van der Waals surface area contributed by atoms with Crippen molar-refractivity contribution in [3.8, 4) is 0 Å². The van der Waals surface area contributed by atoms with Crippen LogP contribution in [-0.4, -0.2) is 25.5 Å². The first kappa shape index (κ1) is 16.6. The van der Waals surface area contributed by atoms with E-state index in [0.29, 0.717) is 10.9 Å². The smallest absolute Gasteiger partial charge is 0.240 e. The van der Waals surface area contributed by atoms with Crippen LogP contribution in [0, 0.1) is 13.8 Å². The lowest BCUT2D eigenvalue weighted by Gasteiger charge is -2.20. The number of anilines is 1. The molecule has 0 amide bonds. The average molecular weight is 329 g/mol. The van der Waals surface area contributed by atoms with E-state index in [2.05, 4.69) is 11.6 Å². The molecule has 2 unspecified atom stereocenters. The Bertz CT molecular complexity index is 591. The monoisotopic (exact) mass is 328 g/mol. The van der Waals surface area contributed by atoms with Crippen molar-refractivity contribution in [3.05, 3.63) is 23.3 Å². The van der Waals surface area contributed by atoms with Crippen LogP contribution in [0.25, 0.3) is 0 Å². The zero-order valence-corrected chi connectivity index (χ0v) is 14.5. The molecular weight excluding hydrogens is 304 g/mol. The van der Waals surface area contributed by atoms with Crippen molar-refractivity contribution in [2.75, 3.05) is 11.5 Å². The van der Waals surface area contributed by atoms with Gasteiger partial charge in [-0.2, -0.15) is 11.8 Å². The topological polar surface area (TPSA) is 72.2 Å². The Labute approximate surface area is 131 Å². The van der Waals surface area contributed by atoms with Crippen LogP contribution < -0.4 is 10.5 Å². The summed E-state index contributed by atoms with van der Waals surface area (Å²) in [6.45, 7) is 5.90. The van der Waals surface area contributed by atoms with Gasteiger partial charge in [0.25, 0.3) is 0 Å². The van der Waals surface area contributed by atoms with Crippen LogP contribution in [0.15, 0.2) is 17.0 Å². The van der Waals surface area contributed by atoms with Crippen LogP contribution in [0.4, 0.5) is 5.69 Å². The van der Waals surface area contributed by atoms with Gasteiger partial charge in [-0.15, -0.1) is 0 Å². The number of hydrogen-bond donors (Lipinski definition) is 2. The molecule has 0 aromatic heterocycles. The second kappa shape index (κ2) is 6.58. The molecule has 1 saturated carbocycles. The second-order valence-electron chi connectivity index (χ2n) is 5.61. The van der Waals surface area contributed by atoms with Crippen molar-refractivity contribution in [2.45, 2.75) is 56.2 Å². The van der Waals surface area contributed by atoms with E-state index in [1.807, 2.05) is 25.6 Å². The maximum absolute atomic E-state index is 12.6. The van der Waals surface area contributed by atoms with Gasteiger partial charge in [0.2, 0.25) is 10.0 Å². The van der Waals surface area contributed by atoms with Gasteiger partial charge in [0.15, 0.2) is 0 Å². The highest BCUT2D eigenvalue weighted by atomic mass is 32.2. The highest BCUT2D eigenvalue weighted by Crippen LogP contribution is 2.31. The summed E-state index contributed by atoms with van der Waals surface area (Å²) in [5.74, 6) is 1.01. The minimum Gasteiger partial charge on any atom is -0.398 e. The van der Waals surface area contributed by atoms with Gasteiger partial charge in [-0.05, 0) is 55.7 Å². The number of nitrogens with one attached hydrogen (secondary N) is 1. The average Bonchev–Trinajstić information content (AvgIpc) is 2.82. The minimum atomic E-state index is -3.50. The molecule has 3 N–H and O–H groups in total. The molecule has 0 heterocycles. The van der Waals surface area contributed by atoms with Crippen LogP contribution in [0.3, 0.4) is 0 Å². The molecule has 2 rings (SSSR count). The number of hydrogen-bond acceptors (Lipinski definition) is 4. The molecule has 0 spiro atoms. The van der Waals surface area contributed by atoms with Gasteiger partial charge < -0.3 is 5.73 Å². The molecule has 2 atom stereocenters. The van der Waals surface area contributed by atoms with Crippen molar-refractivity contribution in [1.29, 1.82) is 0 Å². The van der Waals surface area contributed by atoms with Crippen LogP contribution in [0.2, 0.25) is 0 Å². The van der Waals surface area contributed by atoms with E-state index in [1.165, 1.54) is 0 Å². The standard InChI is InChI=1S/C15H24N2O2S2/c1-4-20-15-7-5-6-14(15)17-21(18,19)12-8-10(2)11(3)13(16)9-12/h8-9,14-15,17H,4-7,16H2,1-3H3. The number of rotatable bonds is 5. The molecule has 6 heteroatoms. The lowest BCUT2D eigenvalue weighted by Crippen LogP contribution is -2.38. The first-order chi connectivity index (χ1) is 9.85. The number of nitrogen functional groups attached to an aromatic ring is 1. The Hall–Kier alpha value is -0.720. The van der Waals surface area contributed by atoms with Gasteiger partial charge >= 0.3 is 0 Å². The first-order valence-electron chi connectivity index (χ1n) is 7.35. The van der Waals surface area contributed by atoms with E-state index in [-0.39, 0.29) is 10.9 Å². The number of sulfonamides is 1. The van der Waals surface area contributed by atoms with Crippen LogP contribution in [0.5, 0.6) is 0 Å². The van der Waals surface area contributed by atoms with E-state index in [4.69, 9.17) is 5.73 Å². The molecule has 1 aromatic carbocycles. The zero-order chi connectivity index (χ0) is 15.6. The van der Waals surface area contributed by atoms with Gasteiger partial charge in [0, 0.05) is 17.0 Å². The van der Waals surface area contributed by atoms with E-state index in [1.54, 1.807) is 12.1 Å². The zero-order valence-electron chi connectivity index (χ0n) is 12.8. The summed E-state index contributed by atoms with van der Waals surface area (Å²) in [5, 5.41) is 0.383. The molecule has 4 nitrogen and oxygen atoms in total. The third-order valence-corrected chi connectivity index (χ3v) is 6.93. The van der Waals surface area contributed by atoms with Gasteiger partial charge in [0.1, 0.15) is 0 Å². The summed E-state index contributed by atoms with van der Waals surface area (Å²) in [5.41, 5.74) is 8.28. The van der Waals surface area contributed by atoms with Gasteiger partial charge in [-0.1, -0.05) is 13.3 Å².